The fraction of sp³-hybridized carbons (Fsp3) is 0.364. The molecule has 0 heterocycles. The zero-order valence-electron chi connectivity index (χ0n) is 11.1. The van der Waals surface area contributed by atoms with Gasteiger partial charge in [0.1, 0.15) is 5.75 Å². The van der Waals surface area contributed by atoms with E-state index in [-0.39, 0.29) is 6.08 Å². The van der Waals surface area contributed by atoms with Gasteiger partial charge in [-0.05, 0) is 0 Å². The lowest BCUT2D eigenvalue weighted by atomic mass is 10.1. The predicted molar refractivity (Wildman–Crippen MR) is 65.8 cm³/mol. The molecule has 0 aliphatic heterocycles. The van der Waals surface area contributed by atoms with Crippen LogP contribution in [-0.4, -0.2) is 42.6 Å². The van der Waals surface area contributed by atoms with E-state index in [0.29, 0.717) is 0 Å². The molecule has 132 valence electrons. The Morgan fingerprint density at radius 2 is 1.52 bits per heavy atom. The molecule has 0 fully saturated rings. The van der Waals surface area contributed by atoms with Gasteiger partial charge in [-0.1, -0.05) is 30.9 Å². The Morgan fingerprint density at radius 3 is 1.87 bits per heavy atom. The molecule has 0 saturated heterocycles. The zero-order chi connectivity index (χ0) is 18.5. The Bertz CT molecular complexity index is 585. The summed E-state index contributed by atoms with van der Waals surface area (Å²) in [4.78, 5) is 11.2. The second-order valence-corrected chi connectivity index (χ2v) is 5.40. The fourth-order valence-corrected chi connectivity index (χ4v) is 2.11. The lowest BCUT2D eigenvalue weighted by molar-refractivity contribution is -0.360. The summed E-state index contributed by atoms with van der Waals surface area (Å²) in [5.74, 6) is -5.04. The van der Waals surface area contributed by atoms with Gasteiger partial charge in [0.05, 0.1) is 0 Å². The van der Waals surface area contributed by atoms with Crippen molar-refractivity contribution >= 4 is 16.1 Å². The highest BCUT2D eigenvalue weighted by atomic mass is 32.2. The van der Waals surface area contributed by atoms with Crippen LogP contribution < -0.4 is 0 Å². The highest BCUT2D eigenvalue weighted by molar-refractivity contribution is 7.85. The largest absolute Gasteiger partial charge is 0.438 e. The van der Waals surface area contributed by atoms with Crippen LogP contribution in [0.3, 0.4) is 0 Å². The van der Waals surface area contributed by atoms with Gasteiger partial charge in [0.2, 0.25) is 0 Å². The van der Waals surface area contributed by atoms with Gasteiger partial charge in [0.15, 0.2) is 0 Å². The Kier molecular flexibility index (Phi) is 6.60. The maximum atomic E-state index is 12.8. The highest BCUT2D eigenvalue weighted by Gasteiger charge is 2.75. The summed E-state index contributed by atoms with van der Waals surface area (Å²) in [5.41, 5.74) is -5.41. The summed E-state index contributed by atoms with van der Waals surface area (Å²) in [6.07, 6.45) is -8.30. The van der Waals surface area contributed by atoms with Gasteiger partial charge in [-0.3, -0.25) is 4.55 Å². The molecule has 0 spiro atoms. The van der Waals surface area contributed by atoms with Crippen molar-refractivity contribution in [2.45, 2.75) is 18.0 Å². The van der Waals surface area contributed by atoms with E-state index >= 15 is 0 Å². The highest BCUT2D eigenvalue weighted by Crippen LogP contribution is 2.46. The smallest absolute Gasteiger partial charge is 0.435 e. The molecule has 0 aromatic rings. The van der Waals surface area contributed by atoms with Crippen LogP contribution in [-0.2, 0) is 19.6 Å². The van der Waals surface area contributed by atoms with Crippen LogP contribution >= 0.6 is 0 Å². The first kappa shape index (κ1) is 21.2. The van der Waals surface area contributed by atoms with Crippen LogP contribution in [0.2, 0.25) is 0 Å². The third-order valence-electron chi connectivity index (χ3n) is 2.17. The lowest BCUT2D eigenvalue weighted by Gasteiger charge is -2.35. The summed E-state index contributed by atoms with van der Waals surface area (Å²) in [6.45, 7) is 3.21. The van der Waals surface area contributed by atoms with Gasteiger partial charge in [-0.2, -0.15) is 34.8 Å². The molecule has 0 aromatic carbocycles. The first-order valence-electron chi connectivity index (χ1n) is 5.43. The van der Waals surface area contributed by atoms with Crippen LogP contribution in [0.4, 0.5) is 26.3 Å². The normalized spacial score (nSPS) is 14.4. The quantitative estimate of drug-likeness (QED) is 0.256. The molecule has 0 amide bonds. The molecule has 0 aromatic heterocycles. The van der Waals surface area contributed by atoms with E-state index in [2.05, 4.69) is 11.3 Å². The predicted octanol–water partition coefficient (Wildman–Crippen LogP) is 2.58. The van der Waals surface area contributed by atoms with Crippen molar-refractivity contribution in [3.05, 3.63) is 37.0 Å². The van der Waals surface area contributed by atoms with Gasteiger partial charge in [0, 0.05) is 6.08 Å². The summed E-state index contributed by atoms with van der Waals surface area (Å²) in [7, 11) is -5.79. The Balaban J connectivity index is 5.86. The van der Waals surface area contributed by atoms with Gasteiger partial charge in [-0.25, -0.2) is 4.79 Å². The second-order valence-electron chi connectivity index (χ2n) is 3.95. The average Bonchev–Trinajstić information content (AvgIpc) is 2.29. The molecule has 23 heavy (non-hydrogen) atoms. The van der Waals surface area contributed by atoms with E-state index in [0.717, 1.165) is 12.2 Å². The van der Waals surface area contributed by atoms with E-state index in [1.807, 2.05) is 0 Å². The third kappa shape index (κ3) is 6.06. The Hall–Kier alpha value is -1.82. The van der Waals surface area contributed by atoms with E-state index in [1.165, 1.54) is 12.2 Å². The molecule has 0 radical (unpaired) electrons. The number of halogens is 6. The van der Waals surface area contributed by atoms with Gasteiger partial charge in [-0.15, -0.1) is 0 Å². The van der Waals surface area contributed by atoms with Crippen LogP contribution in [0.15, 0.2) is 37.0 Å². The number of hydrogen-bond acceptors (Lipinski definition) is 4. The number of alkyl halides is 6. The minimum absolute atomic E-state index is 0.205. The lowest BCUT2D eigenvalue weighted by Crippen LogP contribution is -2.63. The van der Waals surface area contributed by atoms with Gasteiger partial charge in [0.25, 0.3) is 10.1 Å². The van der Waals surface area contributed by atoms with Gasteiger partial charge >= 0.3 is 23.9 Å². The van der Waals surface area contributed by atoms with Crippen molar-refractivity contribution in [3.63, 3.8) is 0 Å². The van der Waals surface area contributed by atoms with Crippen LogP contribution in [0.5, 0.6) is 0 Å². The molecular formula is C11H10F6O5S. The minimum Gasteiger partial charge on any atom is -0.435 e. The SMILES string of the molecule is C=C/C=C/C=C/C(=O)OC(CS(=O)(=O)O)(C(F)(F)F)C(F)(F)F. The Morgan fingerprint density at radius 1 is 1.04 bits per heavy atom. The second kappa shape index (κ2) is 7.17. The van der Waals surface area contributed by atoms with Crippen molar-refractivity contribution in [1.29, 1.82) is 0 Å². The molecule has 0 saturated carbocycles. The van der Waals surface area contributed by atoms with E-state index in [1.54, 1.807) is 0 Å². The minimum atomic E-state index is -6.35. The third-order valence-corrected chi connectivity index (χ3v) is 2.94. The van der Waals surface area contributed by atoms with E-state index in [9.17, 15) is 39.6 Å². The monoisotopic (exact) mass is 368 g/mol. The molecule has 0 aliphatic rings. The van der Waals surface area contributed by atoms with E-state index < -0.39 is 39.8 Å². The van der Waals surface area contributed by atoms with Crippen LogP contribution in [0, 0.1) is 0 Å². The maximum absolute atomic E-state index is 12.8. The number of ether oxygens (including phenoxy) is 1. The van der Waals surface area contributed by atoms with Crippen molar-refractivity contribution in [1.82, 2.24) is 0 Å². The Labute approximate surface area is 126 Å². The number of carbonyl (C=O) groups is 1. The van der Waals surface area contributed by atoms with Crippen molar-refractivity contribution < 1.29 is 48.8 Å². The van der Waals surface area contributed by atoms with E-state index in [4.69, 9.17) is 4.55 Å². The fourth-order valence-electron chi connectivity index (χ4n) is 1.21. The zero-order valence-corrected chi connectivity index (χ0v) is 11.9. The summed E-state index contributed by atoms with van der Waals surface area (Å²) >= 11 is 0. The molecule has 5 nitrogen and oxygen atoms in total. The number of rotatable bonds is 6. The molecule has 0 aliphatic carbocycles. The number of carbonyl (C=O) groups excluding carboxylic acids is 1. The van der Waals surface area contributed by atoms with Crippen LogP contribution in [0.25, 0.3) is 0 Å². The molecule has 0 rings (SSSR count). The number of esters is 1. The summed E-state index contributed by atoms with van der Waals surface area (Å²) in [6, 6.07) is 0. The molecule has 12 heteroatoms. The first-order chi connectivity index (χ1) is 10.2. The van der Waals surface area contributed by atoms with Crippen molar-refractivity contribution in [2.24, 2.45) is 0 Å². The molecule has 0 bridgehead atoms. The molecule has 0 atom stereocenters. The van der Waals surface area contributed by atoms with Crippen LogP contribution in [0.1, 0.15) is 0 Å². The standard InChI is InChI=1S/C11H10F6O5S/c1-2-3-4-5-6-8(18)22-9(10(12,13)14,11(15,16)17)7-23(19,20)21/h2-6H,1,7H2,(H,19,20,21)/b4-3+,6-5+. The summed E-state index contributed by atoms with van der Waals surface area (Å²) < 4.78 is 110. The molecular weight excluding hydrogens is 358 g/mol. The van der Waals surface area contributed by atoms with Crippen molar-refractivity contribution in [2.75, 3.05) is 5.75 Å². The number of allylic oxidation sites excluding steroid dienone is 4. The first-order valence-corrected chi connectivity index (χ1v) is 7.04. The topological polar surface area (TPSA) is 80.7 Å². The maximum Gasteiger partial charge on any atom is 0.438 e. The molecule has 0 unspecified atom stereocenters. The number of hydrogen-bond donors (Lipinski definition) is 1. The van der Waals surface area contributed by atoms with Gasteiger partial charge < -0.3 is 4.74 Å². The summed E-state index contributed by atoms with van der Waals surface area (Å²) in [5, 5.41) is 0. The average molecular weight is 368 g/mol. The molecule has 1 N–H and O–H groups in total. The van der Waals surface area contributed by atoms with Crippen molar-refractivity contribution in [3.8, 4) is 0 Å².